The summed E-state index contributed by atoms with van der Waals surface area (Å²) in [7, 11) is 0. The third kappa shape index (κ3) is 5.80. The number of carbonyl (C=O) groups is 2. The fourth-order valence-corrected chi connectivity index (χ4v) is 4.11. The van der Waals surface area contributed by atoms with Crippen molar-refractivity contribution in [3.63, 3.8) is 0 Å². The molecule has 1 saturated heterocycles. The number of carbonyl (C=O) groups excluding carboxylic acids is 2. The van der Waals surface area contributed by atoms with Crippen molar-refractivity contribution in [2.24, 2.45) is 0 Å². The number of hydrogen-bond acceptors (Lipinski definition) is 4. The van der Waals surface area contributed by atoms with Crippen molar-refractivity contribution in [2.75, 3.05) is 39.3 Å². The Morgan fingerprint density at radius 3 is 2.43 bits per heavy atom. The second-order valence-corrected chi connectivity index (χ2v) is 7.59. The average Bonchev–Trinajstić information content (AvgIpc) is 3.25. The minimum absolute atomic E-state index is 0. The molecule has 1 aliphatic heterocycles. The van der Waals surface area contributed by atoms with Crippen LogP contribution in [0.4, 0.5) is 0 Å². The monoisotopic (exact) mass is 421 g/mol. The van der Waals surface area contributed by atoms with Crippen molar-refractivity contribution >= 4 is 35.6 Å². The number of rotatable bonds is 7. The van der Waals surface area contributed by atoms with Gasteiger partial charge in [0.1, 0.15) is 0 Å². The quantitative estimate of drug-likeness (QED) is 0.746. The van der Waals surface area contributed by atoms with Crippen molar-refractivity contribution < 1.29 is 9.59 Å². The van der Waals surface area contributed by atoms with Crippen molar-refractivity contribution in [2.45, 2.75) is 19.3 Å². The molecule has 0 bridgehead atoms. The fraction of sp³-hybridized carbons (Fsp3) is 0.429. The highest BCUT2D eigenvalue weighted by Gasteiger charge is 2.27. The lowest BCUT2D eigenvalue weighted by atomic mass is 9.95. The molecule has 152 valence electrons. The van der Waals surface area contributed by atoms with Gasteiger partial charge in [0, 0.05) is 50.2 Å². The topological polar surface area (TPSA) is 52.7 Å². The third-order valence-corrected chi connectivity index (χ3v) is 5.77. The van der Waals surface area contributed by atoms with Crippen molar-refractivity contribution in [1.82, 2.24) is 15.1 Å². The van der Waals surface area contributed by atoms with Crippen LogP contribution in [0.2, 0.25) is 0 Å². The normalized spacial score (nSPS) is 15.5. The molecule has 1 aromatic carbocycles. The predicted octanol–water partition coefficient (Wildman–Crippen LogP) is 3.24. The maximum atomic E-state index is 12.9. The summed E-state index contributed by atoms with van der Waals surface area (Å²) in [5.74, 6) is 0.162. The molecule has 2 aromatic rings. The van der Waals surface area contributed by atoms with Crippen LogP contribution in [0.5, 0.6) is 0 Å². The summed E-state index contributed by atoms with van der Waals surface area (Å²) >= 11 is 1.53. The molecule has 3 rings (SSSR count). The molecule has 1 atom stereocenters. The molecule has 1 N–H and O–H groups in total. The van der Waals surface area contributed by atoms with Crippen molar-refractivity contribution in [3.05, 3.63) is 58.3 Å². The first-order chi connectivity index (χ1) is 13.2. The Kier molecular flexibility index (Phi) is 8.96. The molecule has 0 spiro atoms. The van der Waals surface area contributed by atoms with Gasteiger partial charge in [0.05, 0.1) is 5.92 Å². The van der Waals surface area contributed by atoms with E-state index in [1.54, 1.807) is 0 Å². The minimum Gasteiger partial charge on any atom is -0.351 e. The van der Waals surface area contributed by atoms with E-state index < -0.39 is 0 Å². The highest BCUT2D eigenvalue weighted by atomic mass is 35.5. The van der Waals surface area contributed by atoms with Gasteiger partial charge in [-0.15, -0.1) is 12.4 Å². The van der Waals surface area contributed by atoms with Crippen LogP contribution < -0.4 is 5.32 Å². The van der Waals surface area contributed by atoms with Gasteiger partial charge in [-0.25, -0.2) is 0 Å². The summed E-state index contributed by atoms with van der Waals surface area (Å²) < 4.78 is 0. The average molecular weight is 422 g/mol. The van der Waals surface area contributed by atoms with Crippen LogP contribution in [0.25, 0.3) is 0 Å². The van der Waals surface area contributed by atoms with Crippen LogP contribution in [0.15, 0.2) is 47.2 Å². The van der Waals surface area contributed by atoms with Crippen LogP contribution in [0.3, 0.4) is 0 Å². The molecule has 28 heavy (non-hydrogen) atoms. The van der Waals surface area contributed by atoms with Crippen LogP contribution in [0, 0.1) is 0 Å². The molecular formula is C21H28ClN3O2S. The summed E-state index contributed by atoms with van der Waals surface area (Å²) in [6.45, 7) is 6.72. The maximum Gasteiger partial charge on any atom is 0.252 e. The number of amides is 2. The molecule has 0 radical (unpaired) electrons. The second kappa shape index (κ2) is 11.2. The largest absolute Gasteiger partial charge is 0.351 e. The fourth-order valence-electron chi connectivity index (χ4n) is 3.47. The highest BCUT2D eigenvalue weighted by molar-refractivity contribution is 7.08. The molecule has 5 nitrogen and oxygen atoms in total. The number of nitrogens with zero attached hydrogens (tertiary/aromatic N) is 2. The van der Waals surface area contributed by atoms with E-state index in [0.29, 0.717) is 6.54 Å². The van der Waals surface area contributed by atoms with Crippen LogP contribution >= 0.6 is 23.7 Å². The standard InChI is InChI=1S/C21H27N3O2S.ClH/c1-2-19(17-6-4-3-5-7-17)21(26)24-13-11-23(12-14-24)10-9-22-20(25)18-8-15-27-16-18;/h3-8,15-16,19H,2,9-14H2,1H3,(H,22,25);1H. The molecule has 2 heterocycles. The van der Waals surface area contributed by atoms with E-state index in [2.05, 4.69) is 17.1 Å². The van der Waals surface area contributed by atoms with Crippen LogP contribution in [-0.4, -0.2) is 60.9 Å². The molecular weight excluding hydrogens is 394 g/mol. The SMILES string of the molecule is CCC(C(=O)N1CCN(CCNC(=O)c2ccsc2)CC1)c1ccccc1.Cl. The molecule has 1 unspecified atom stereocenters. The number of hydrogen-bond donors (Lipinski definition) is 1. The van der Waals surface area contributed by atoms with Gasteiger partial charge < -0.3 is 10.2 Å². The molecule has 0 aliphatic carbocycles. The van der Waals surface area contributed by atoms with E-state index in [9.17, 15) is 9.59 Å². The molecule has 1 aliphatic rings. The first-order valence-corrected chi connectivity index (χ1v) is 10.5. The maximum absolute atomic E-state index is 12.9. The molecule has 1 fully saturated rings. The zero-order valence-electron chi connectivity index (χ0n) is 16.2. The molecule has 1 aromatic heterocycles. The highest BCUT2D eigenvalue weighted by Crippen LogP contribution is 2.22. The summed E-state index contributed by atoms with van der Waals surface area (Å²) in [6.07, 6.45) is 0.817. The van der Waals surface area contributed by atoms with Gasteiger partial charge in [0.15, 0.2) is 0 Å². The number of thiophene rings is 1. The van der Waals surface area contributed by atoms with Gasteiger partial charge in [0.25, 0.3) is 5.91 Å². The zero-order valence-corrected chi connectivity index (χ0v) is 17.8. The number of benzene rings is 1. The Labute approximate surface area is 177 Å². The first-order valence-electron chi connectivity index (χ1n) is 9.55. The van der Waals surface area contributed by atoms with Crippen molar-refractivity contribution in [1.29, 1.82) is 0 Å². The summed E-state index contributed by atoms with van der Waals surface area (Å²) in [4.78, 5) is 29.2. The predicted molar refractivity (Wildman–Crippen MR) is 116 cm³/mol. The molecule has 7 heteroatoms. The van der Waals surface area contributed by atoms with Gasteiger partial charge in [0.2, 0.25) is 5.91 Å². The van der Waals surface area contributed by atoms with Gasteiger partial charge in [-0.2, -0.15) is 11.3 Å². The molecule has 0 saturated carbocycles. The number of piperazine rings is 1. The lowest BCUT2D eigenvalue weighted by molar-refractivity contribution is -0.134. The van der Waals surface area contributed by atoms with Crippen LogP contribution in [-0.2, 0) is 4.79 Å². The van der Waals surface area contributed by atoms with Gasteiger partial charge in [-0.3, -0.25) is 14.5 Å². The first kappa shape index (κ1) is 22.4. The summed E-state index contributed by atoms with van der Waals surface area (Å²) in [5.41, 5.74) is 1.82. The Hall–Kier alpha value is -1.89. The van der Waals surface area contributed by atoms with Gasteiger partial charge in [-0.05, 0) is 23.4 Å². The van der Waals surface area contributed by atoms with E-state index in [1.807, 2.05) is 52.1 Å². The molecule has 2 amide bonds. The van der Waals surface area contributed by atoms with Gasteiger partial charge in [-0.1, -0.05) is 37.3 Å². The Morgan fingerprint density at radius 1 is 1.11 bits per heavy atom. The van der Waals surface area contributed by atoms with E-state index in [4.69, 9.17) is 0 Å². The Balaban J connectivity index is 0.00000280. The van der Waals surface area contributed by atoms with E-state index in [0.717, 1.165) is 50.3 Å². The lowest BCUT2D eigenvalue weighted by Crippen LogP contribution is -2.51. The van der Waals surface area contributed by atoms with E-state index in [-0.39, 0.29) is 30.1 Å². The minimum atomic E-state index is -0.0531. The van der Waals surface area contributed by atoms with Gasteiger partial charge >= 0.3 is 0 Å². The zero-order chi connectivity index (χ0) is 19.1. The van der Waals surface area contributed by atoms with Crippen molar-refractivity contribution in [3.8, 4) is 0 Å². The Bertz CT molecular complexity index is 731. The third-order valence-electron chi connectivity index (χ3n) is 5.09. The van der Waals surface area contributed by atoms with E-state index >= 15 is 0 Å². The lowest BCUT2D eigenvalue weighted by Gasteiger charge is -2.36. The number of halogens is 1. The summed E-state index contributed by atoms with van der Waals surface area (Å²) in [6, 6.07) is 11.9. The smallest absolute Gasteiger partial charge is 0.252 e. The van der Waals surface area contributed by atoms with Crippen LogP contribution in [0.1, 0.15) is 35.2 Å². The van der Waals surface area contributed by atoms with E-state index in [1.165, 1.54) is 11.3 Å². The number of nitrogens with one attached hydrogen (secondary N) is 1. The summed E-state index contributed by atoms with van der Waals surface area (Å²) in [5, 5.41) is 6.73. The second-order valence-electron chi connectivity index (χ2n) is 6.81. The Morgan fingerprint density at radius 2 is 1.82 bits per heavy atom.